The topological polar surface area (TPSA) is 67.8 Å². The lowest BCUT2D eigenvalue weighted by Crippen LogP contribution is -2.37. The Kier molecular flexibility index (Phi) is 4.97. The van der Waals surface area contributed by atoms with E-state index in [1.807, 2.05) is 24.4 Å². The van der Waals surface area contributed by atoms with Crippen molar-refractivity contribution in [2.75, 3.05) is 20.4 Å². The summed E-state index contributed by atoms with van der Waals surface area (Å²) in [6, 6.07) is 5.94. The Balaban J connectivity index is 1.46. The third kappa shape index (κ3) is 4.13. The van der Waals surface area contributed by atoms with Gasteiger partial charge in [-0.1, -0.05) is 6.07 Å². The van der Waals surface area contributed by atoms with Crippen molar-refractivity contribution >= 4 is 17.3 Å². The highest BCUT2D eigenvalue weighted by Crippen LogP contribution is 2.32. The molecule has 1 aromatic heterocycles. The molecule has 23 heavy (non-hydrogen) atoms. The third-order valence-electron chi connectivity index (χ3n) is 3.42. The number of hydrogen-bond donors (Lipinski definition) is 2. The van der Waals surface area contributed by atoms with Crippen molar-refractivity contribution in [3.63, 3.8) is 0 Å². The van der Waals surface area contributed by atoms with E-state index >= 15 is 0 Å². The summed E-state index contributed by atoms with van der Waals surface area (Å²) in [6.45, 7) is 3.84. The summed E-state index contributed by atoms with van der Waals surface area (Å²) in [4.78, 5) is 9.83. The fourth-order valence-electron chi connectivity index (χ4n) is 2.26. The highest BCUT2D eigenvalue weighted by Gasteiger charge is 2.13. The van der Waals surface area contributed by atoms with E-state index in [0.29, 0.717) is 13.3 Å². The number of fused-ring (bicyclic) bond motifs is 1. The lowest BCUT2D eigenvalue weighted by Gasteiger charge is -2.11. The molecule has 2 aromatic rings. The Labute approximate surface area is 139 Å². The Morgan fingerprint density at radius 3 is 2.96 bits per heavy atom. The Morgan fingerprint density at radius 1 is 1.30 bits per heavy atom. The zero-order valence-electron chi connectivity index (χ0n) is 13.3. The van der Waals surface area contributed by atoms with E-state index in [1.165, 1.54) is 4.88 Å². The van der Waals surface area contributed by atoms with Gasteiger partial charge in [0, 0.05) is 37.6 Å². The molecular formula is C16H20N4O2S. The zero-order valence-corrected chi connectivity index (χ0v) is 14.1. The molecule has 2 heterocycles. The molecule has 2 N–H and O–H groups in total. The average molecular weight is 332 g/mol. The fourth-order valence-corrected chi connectivity index (χ4v) is 3.05. The predicted octanol–water partition coefficient (Wildman–Crippen LogP) is 2.09. The summed E-state index contributed by atoms with van der Waals surface area (Å²) in [5, 5.41) is 7.73. The number of nitrogens with zero attached hydrogens (tertiary/aromatic N) is 2. The summed E-state index contributed by atoms with van der Waals surface area (Å²) in [5.41, 5.74) is 1.12. The summed E-state index contributed by atoms with van der Waals surface area (Å²) in [5.74, 6) is 2.37. The van der Waals surface area contributed by atoms with Crippen LogP contribution < -0.4 is 20.1 Å². The van der Waals surface area contributed by atoms with Crippen LogP contribution in [0.3, 0.4) is 0 Å². The molecule has 0 bridgehead atoms. The number of rotatable bonds is 5. The molecule has 0 saturated heterocycles. The van der Waals surface area contributed by atoms with Crippen LogP contribution in [0.5, 0.6) is 11.5 Å². The first-order valence-corrected chi connectivity index (χ1v) is 8.30. The Hall–Kier alpha value is -2.28. The maximum absolute atomic E-state index is 5.39. The van der Waals surface area contributed by atoms with Gasteiger partial charge in [0.15, 0.2) is 17.5 Å². The molecule has 0 spiro atoms. The molecule has 0 saturated carbocycles. The number of aliphatic imine (C=N–C) groups is 1. The van der Waals surface area contributed by atoms with Crippen molar-refractivity contribution in [2.45, 2.75) is 19.9 Å². The van der Waals surface area contributed by atoms with Crippen LogP contribution in [0.1, 0.15) is 15.4 Å². The molecule has 0 fully saturated rings. The van der Waals surface area contributed by atoms with Gasteiger partial charge in [0.1, 0.15) is 0 Å². The van der Waals surface area contributed by atoms with Crippen LogP contribution in [-0.4, -0.2) is 31.3 Å². The molecule has 0 unspecified atom stereocenters. The van der Waals surface area contributed by atoms with E-state index in [9.17, 15) is 0 Å². The minimum atomic E-state index is 0.297. The zero-order chi connectivity index (χ0) is 16.1. The minimum Gasteiger partial charge on any atom is -0.454 e. The molecule has 7 heteroatoms. The standard InChI is InChI=1S/C16H20N4O2S/c1-11-8-19-15(23-11)5-6-18-16(17-2)20-9-12-3-4-13-14(7-12)22-10-21-13/h3-4,7-8H,5-6,9-10H2,1-2H3,(H2,17,18,20). The van der Waals surface area contributed by atoms with Crippen molar-refractivity contribution in [3.8, 4) is 11.5 Å². The molecule has 0 radical (unpaired) electrons. The lowest BCUT2D eigenvalue weighted by atomic mass is 10.2. The normalized spacial score (nSPS) is 13.2. The SMILES string of the molecule is CN=C(NCCc1ncc(C)s1)NCc1ccc2c(c1)OCO2. The van der Waals surface area contributed by atoms with Crippen LogP contribution in [0.4, 0.5) is 0 Å². The van der Waals surface area contributed by atoms with E-state index in [4.69, 9.17) is 9.47 Å². The second kappa shape index (κ2) is 7.32. The van der Waals surface area contributed by atoms with Crippen LogP contribution in [-0.2, 0) is 13.0 Å². The van der Waals surface area contributed by atoms with Crippen molar-refractivity contribution in [3.05, 3.63) is 39.8 Å². The van der Waals surface area contributed by atoms with Gasteiger partial charge in [0.25, 0.3) is 0 Å². The molecule has 6 nitrogen and oxygen atoms in total. The average Bonchev–Trinajstić information content (AvgIpc) is 3.18. The fraction of sp³-hybridized carbons (Fsp3) is 0.375. The first-order chi connectivity index (χ1) is 11.2. The quantitative estimate of drug-likeness (QED) is 0.648. The molecule has 1 aliphatic rings. The molecule has 1 aromatic carbocycles. The number of thiazole rings is 1. The molecule has 0 atom stereocenters. The van der Waals surface area contributed by atoms with Gasteiger partial charge in [0.2, 0.25) is 6.79 Å². The summed E-state index contributed by atoms with van der Waals surface area (Å²) in [6.07, 6.45) is 2.80. The predicted molar refractivity (Wildman–Crippen MR) is 91.3 cm³/mol. The van der Waals surface area contributed by atoms with Gasteiger partial charge in [0.05, 0.1) is 5.01 Å². The van der Waals surface area contributed by atoms with Crippen LogP contribution in [0, 0.1) is 6.92 Å². The van der Waals surface area contributed by atoms with Crippen LogP contribution in [0.2, 0.25) is 0 Å². The first-order valence-electron chi connectivity index (χ1n) is 7.49. The lowest BCUT2D eigenvalue weighted by molar-refractivity contribution is 0.174. The number of hydrogen-bond acceptors (Lipinski definition) is 5. The van der Waals surface area contributed by atoms with Crippen LogP contribution in [0.15, 0.2) is 29.4 Å². The summed E-state index contributed by atoms with van der Waals surface area (Å²) < 4.78 is 10.7. The number of aromatic nitrogens is 1. The van der Waals surface area contributed by atoms with Crippen molar-refractivity contribution < 1.29 is 9.47 Å². The third-order valence-corrected chi connectivity index (χ3v) is 4.39. The van der Waals surface area contributed by atoms with Crippen LogP contribution in [0.25, 0.3) is 0 Å². The molecule has 1 aliphatic heterocycles. The van der Waals surface area contributed by atoms with Gasteiger partial charge in [-0.3, -0.25) is 4.99 Å². The van der Waals surface area contributed by atoms with E-state index in [-0.39, 0.29) is 0 Å². The Morgan fingerprint density at radius 2 is 2.17 bits per heavy atom. The molecule has 0 aliphatic carbocycles. The summed E-state index contributed by atoms with van der Waals surface area (Å²) in [7, 11) is 1.77. The van der Waals surface area contributed by atoms with E-state index in [2.05, 4.69) is 27.5 Å². The monoisotopic (exact) mass is 332 g/mol. The van der Waals surface area contributed by atoms with Crippen molar-refractivity contribution in [1.82, 2.24) is 15.6 Å². The second-order valence-corrected chi connectivity index (χ2v) is 6.47. The van der Waals surface area contributed by atoms with Gasteiger partial charge in [-0.2, -0.15) is 0 Å². The number of ether oxygens (including phenoxy) is 2. The van der Waals surface area contributed by atoms with E-state index in [1.54, 1.807) is 18.4 Å². The van der Waals surface area contributed by atoms with Gasteiger partial charge in [-0.25, -0.2) is 4.98 Å². The van der Waals surface area contributed by atoms with Gasteiger partial charge in [-0.15, -0.1) is 11.3 Å². The van der Waals surface area contributed by atoms with E-state index < -0.39 is 0 Å². The Bertz CT molecular complexity index is 699. The number of benzene rings is 1. The highest BCUT2D eigenvalue weighted by molar-refractivity contribution is 7.11. The summed E-state index contributed by atoms with van der Waals surface area (Å²) >= 11 is 1.73. The maximum Gasteiger partial charge on any atom is 0.231 e. The van der Waals surface area contributed by atoms with Crippen molar-refractivity contribution in [1.29, 1.82) is 0 Å². The number of guanidine groups is 1. The smallest absolute Gasteiger partial charge is 0.231 e. The number of aryl methyl sites for hydroxylation is 1. The van der Waals surface area contributed by atoms with Crippen molar-refractivity contribution in [2.24, 2.45) is 4.99 Å². The van der Waals surface area contributed by atoms with Crippen LogP contribution >= 0.6 is 11.3 Å². The minimum absolute atomic E-state index is 0.297. The molecular weight excluding hydrogens is 312 g/mol. The number of nitrogens with one attached hydrogen (secondary N) is 2. The first kappa shape index (κ1) is 15.6. The molecule has 122 valence electrons. The largest absolute Gasteiger partial charge is 0.454 e. The van der Waals surface area contributed by atoms with Gasteiger partial charge in [-0.05, 0) is 24.6 Å². The van der Waals surface area contributed by atoms with E-state index in [0.717, 1.165) is 41.0 Å². The second-order valence-electron chi connectivity index (χ2n) is 5.15. The van der Waals surface area contributed by atoms with Gasteiger partial charge >= 0.3 is 0 Å². The molecule has 3 rings (SSSR count). The highest BCUT2D eigenvalue weighted by atomic mass is 32.1. The molecule has 0 amide bonds. The van der Waals surface area contributed by atoms with Gasteiger partial charge < -0.3 is 20.1 Å². The maximum atomic E-state index is 5.39.